The molecule has 0 bridgehead atoms. The molecule has 0 amide bonds. The quantitative estimate of drug-likeness (QED) is 0.428. The van der Waals surface area contributed by atoms with Gasteiger partial charge in [0.15, 0.2) is 0 Å². The number of anilines is 3. The molecule has 0 spiro atoms. The van der Waals surface area contributed by atoms with Gasteiger partial charge in [-0.2, -0.15) is 0 Å². The van der Waals surface area contributed by atoms with Gasteiger partial charge in [0.25, 0.3) is 0 Å². The van der Waals surface area contributed by atoms with Crippen LogP contribution in [0.2, 0.25) is 0 Å². The first-order valence-corrected chi connectivity index (χ1v) is 7.47. The summed E-state index contributed by atoms with van der Waals surface area (Å²) in [6.45, 7) is 0. The molecular weight excluding hydrogens is 300 g/mol. The predicted octanol–water partition coefficient (Wildman–Crippen LogP) is 3.17. The van der Waals surface area contributed by atoms with Crippen LogP contribution in [0.5, 0.6) is 0 Å². The van der Waals surface area contributed by atoms with Gasteiger partial charge in [-0.25, -0.2) is 4.98 Å². The van der Waals surface area contributed by atoms with Crippen molar-refractivity contribution in [1.29, 1.82) is 5.41 Å². The molecule has 0 radical (unpaired) electrons. The number of nitrogens with two attached hydrogens (primary N) is 1. The van der Waals surface area contributed by atoms with E-state index in [0.717, 1.165) is 27.9 Å². The lowest BCUT2D eigenvalue weighted by Gasteiger charge is -2.08. The number of benzene rings is 1. The Kier molecular flexibility index (Phi) is 4.38. The molecule has 120 valence electrons. The summed E-state index contributed by atoms with van der Waals surface area (Å²) in [4.78, 5) is 9.01. The van der Waals surface area contributed by atoms with E-state index in [1.165, 1.54) is 6.21 Å². The van der Waals surface area contributed by atoms with Crippen molar-refractivity contribution in [2.24, 2.45) is 0 Å². The average molecular weight is 318 g/mol. The highest BCUT2D eigenvalue weighted by molar-refractivity contribution is 6.08. The number of aromatic nitrogens is 2. The van der Waals surface area contributed by atoms with E-state index in [-0.39, 0.29) is 0 Å². The summed E-state index contributed by atoms with van der Waals surface area (Å²) in [5, 5.41) is 13.7. The van der Waals surface area contributed by atoms with Crippen molar-refractivity contribution < 1.29 is 0 Å². The lowest BCUT2D eigenvalue weighted by Crippen LogP contribution is -1.99. The van der Waals surface area contributed by atoms with Gasteiger partial charge in [-0.3, -0.25) is 4.98 Å². The normalized spacial score (nSPS) is 11.3. The zero-order valence-electron chi connectivity index (χ0n) is 13.2. The van der Waals surface area contributed by atoms with Crippen LogP contribution in [0.3, 0.4) is 0 Å². The third kappa shape index (κ3) is 3.33. The zero-order valence-corrected chi connectivity index (χ0v) is 13.2. The largest absolute Gasteiger partial charge is 0.399 e. The molecule has 2 aromatic heterocycles. The van der Waals surface area contributed by atoms with E-state index in [1.807, 2.05) is 42.5 Å². The first-order valence-electron chi connectivity index (χ1n) is 7.47. The molecule has 2 heterocycles. The van der Waals surface area contributed by atoms with Gasteiger partial charge in [-0.15, -0.1) is 0 Å². The lowest BCUT2D eigenvalue weighted by molar-refractivity contribution is 1.11. The Bertz CT molecular complexity index is 916. The van der Waals surface area contributed by atoms with Crippen LogP contribution in [0.15, 0.2) is 54.9 Å². The van der Waals surface area contributed by atoms with Crippen LogP contribution in [-0.2, 0) is 0 Å². The molecule has 0 aliphatic carbocycles. The molecule has 0 unspecified atom stereocenters. The maximum atomic E-state index is 7.51. The van der Waals surface area contributed by atoms with Crippen LogP contribution in [-0.4, -0.2) is 23.2 Å². The van der Waals surface area contributed by atoms with Crippen molar-refractivity contribution in [3.05, 3.63) is 60.4 Å². The van der Waals surface area contributed by atoms with Crippen molar-refractivity contribution in [3.63, 3.8) is 0 Å². The molecule has 5 N–H and O–H groups in total. The van der Waals surface area contributed by atoms with Crippen molar-refractivity contribution in [2.45, 2.75) is 0 Å². The number of allylic oxidation sites excluding steroid dienone is 1. The summed E-state index contributed by atoms with van der Waals surface area (Å²) in [5.41, 5.74) is 10.5. The Morgan fingerprint density at radius 3 is 2.79 bits per heavy atom. The SMILES string of the molecule is CN/C=C(\C=N)c1cnc2ccc(Nc3cccc(N)c3)nc2c1. The molecule has 6 nitrogen and oxygen atoms in total. The Labute approximate surface area is 140 Å². The molecule has 6 heteroatoms. The van der Waals surface area contributed by atoms with Crippen LogP contribution in [0.4, 0.5) is 17.2 Å². The maximum absolute atomic E-state index is 7.51. The molecule has 0 aliphatic rings. The number of nitrogen functional groups attached to an aromatic ring is 1. The predicted molar refractivity (Wildman–Crippen MR) is 99.5 cm³/mol. The first-order chi connectivity index (χ1) is 11.7. The summed E-state index contributed by atoms with van der Waals surface area (Å²) in [5.74, 6) is 0.709. The molecule has 0 aliphatic heterocycles. The Morgan fingerprint density at radius 1 is 1.17 bits per heavy atom. The van der Waals surface area contributed by atoms with E-state index in [4.69, 9.17) is 11.1 Å². The van der Waals surface area contributed by atoms with E-state index in [2.05, 4.69) is 20.6 Å². The van der Waals surface area contributed by atoms with Crippen LogP contribution in [0, 0.1) is 5.41 Å². The third-order valence-electron chi connectivity index (χ3n) is 3.49. The number of nitrogens with zero attached hydrogens (tertiary/aromatic N) is 2. The van der Waals surface area contributed by atoms with Crippen LogP contribution in [0.1, 0.15) is 5.56 Å². The van der Waals surface area contributed by atoms with Gasteiger partial charge < -0.3 is 21.8 Å². The van der Waals surface area contributed by atoms with Gasteiger partial charge in [0.2, 0.25) is 0 Å². The van der Waals surface area contributed by atoms with Gasteiger partial charge in [0.05, 0.1) is 11.0 Å². The molecule has 1 aromatic carbocycles. The minimum absolute atomic E-state index is 0.692. The second-order valence-electron chi connectivity index (χ2n) is 5.24. The van der Waals surface area contributed by atoms with E-state index in [1.54, 1.807) is 19.4 Å². The van der Waals surface area contributed by atoms with Crippen LogP contribution < -0.4 is 16.4 Å². The number of fused-ring (bicyclic) bond motifs is 1. The standard InChI is InChI=1S/C18H18N6/c1-21-10-13(9-19)12-7-17-16(22-11-12)5-6-18(24-17)23-15-4-2-3-14(20)8-15/h2-11,19,21H,20H2,1H3,(H,23,24)/b13-10+,19-9?. The minimum atomic E-state index is 0.692. The highest BCUT2D eigenvalue weighted by Gasteiger charge is 2.05. The summed E-state index contributed by atoms with van der Waals surface area (Å²) in [6, 6.07) is 13.2. The zero-order chi connectivity index (χ0) is 16.9. The number of hydrogen-bond donors (Lipinski definition) is 4. The summed E-state index contributed by atoms with van der Waals surface area (Å²) in [6.07, 6.45) is 4.78. The smallest absolute Gasteiger partial charge is 0.131 e. The van der Waals surface area contributed by atoms with Crippen molar-refractivity contribution in [2.75, 3.05) is 18.1 Å². The van der Waals surface area contributed by atoms with Gasteiger partial charge in [-0.05, 0) is 36.4 Å². The van der Waals surface area contributed by atoms with Gasteiger partial charge in [0, 0.05) is 48.2 Å². The monoisotopic (exact) mass is 318 g/mol. The maximum Gasteiger partial charge on any atom is 0.131 e. The van der Waals surface area contributed by atoms with Crippen molar-refractivity contribution in [3.8, 4) is 0 Å². The van der Waals surface area contributed by atoms with Crippen LogP contribution in [0.25, 0.3) is 16.6 Å². The highest BCUT2D eigenvalue weighted by Crippen LogP contribution is 2.21. The molecule has 0 saturated heterocycles. The van der Waals surface area contributed by atoms with Crippen molar-refractivity contribution in [1.82, 2.24) is 15.3 Å². The van der Waals surface area contributed by atoms with Gasteiger partial charge >= 0.3 is 0 Å². The molecular formula is C18H18N6. The average Bonchev–Trinajstić information content (AvgIpc) is 2.59. The Hall–Kier alpha value is -3.41. The first kappa shape index (κ1) is 15.5. The molecule has 3 aromatic rings. The fraction of sp³-hybridized carbons (Fsp3) is 0.0556. The molecule has 24 heavy (non-hydrogen) atoms. The fourth-order valence-electron chi connectivity index (χ4n) is 2.36. The highest BCUT2D eigenvalue weighted by atomic mass is 15.0. The topological polar surface area (TPSA) is 99.7 Å². The molecule has 0 saturated carbocycles. The summed E-state index contributed by atoms with van der Waals surface area (Å²) < 4.78 is 0. The summed E-state index contributed by atoms with van der Waals surface area (Å²) in [7, 11) is 1.80. The van der Waals surface area contributed by atoms with E-state index >= 15 is 0 Å². The van der Waals surface area contributed by atoms with Gasteiger partial charge in [0.1, 0.15) is 5.82 Å². The van der Waals surface area contributed by atoms with Crippen LogP contribution >= 0.6 is 0 Å². The van der Waals surface area contributed by atoms with Crippen molar-refractivity contribution >= 4 is 40.0 Å². The minimum Gasteiger partial charge on any atom is -0.399 e. The Morgan fingerprint density at radius 2 is 2.04 bits per heavy atom. The van der Waals surface area contributed by atoms with Gasteiger partial charge in [-0.1, -0.05) is 6.07 Å². The van der Waals surface area contributed by atoms with E-state index in [0.29, 0.717) is 11.5 Å². The van der Waals surface area contributed by atoms with E-state index in [9.17, 15) is 0 Å². The molecule has 0 atom stereocenters. The van der Waals surface area contributed by atoms with E-state index < -0.39 is 0 Å². The second-order valence-corrected chi connectivity index (χ2v) is 5.24. The number of hydrogen-bond acceptors (Lipinski definition) is 6. The third-order valence-corrected chi connectivity index (χ3v) is 3.49. The second kappa shape index (κ2) is 6.78. The summed E-state index contributed by atoms with van der Waals surface area (Å²) >= 11 is 0. The number of nitrogens with one attached hydrogen (secondary N) is 3. The number of pyridine rings is 2. The fourth-order valence-corrected chi connectivity index (χ4v) is 2.36. The number of rotatable bonds is 5. The lowest BCUT2D eigenvalue weighted by atomic mass is 10.1. The molecule has 3 rings (SSSR count). The molecule has 0 fully saturated rings. The Balaban J connectivity index is 1.97.